The Labute approximate surface area is 211 Å². The van der Waals surface area contributed by atoms with Gasteiger partial charge in [0, 0.05) is 18.0 Å². The van der Waals surface area contributed by atoms with E-state index < -0.39 is 34.9 Å². The summed E-state index contributed by atoms with van der Waals surface area (Å²) in [4.78, 5) is 40.2. The summed E-state index contributed by atoms with van der Waals surface area (Å²) >= 11 is 0. The quantitative estimate of drug-likeness (QED) is 0.435. The van der Waals surface area contributed by atoms with E-state index in [4.69, 9.17) is 0 Å². The molecule has 1 unspecified atom stereocenters. The highest BCUT2D eigenvalue weighted by atomic mass is 16.4. The van der Waals surface area contributed by atoms with Gasteiger partial charge in [0.2, 0.25) is 11.8 Å². The maximum atomic E-state index is 13.7. The molecule has 0 fully saturated rings. The summed E-state index contributed by atoms with van der Waals surface area (Å²) in [6.45, 7) is 17.2. The molecule has 0 saturated carbocycles. The fourth-order valence-electron chi connectivity index (χ4n) is 4.27. The molecular formula is C28H45N3O4. The van der Waals surface area contributed by atoms with Crippen LogP contribution in [0.2, 0.25) is 0 Å². The average molecular weight is 488 g/mol. The zero-order valence-corrected chi connectivity index (χ0v) is 23.3. The number of hydrogen-bond donors (Lipinski definition) is 3. The summed E-state index contributed by atoms with van der Waals surface area (Å²) in [6, 6.07) is 6.29. The highest BCUT2D eigenvalue weighted by molar-refractivity contribution is 5.91. The molecular weight excluding hydrogens is 442 g/mol. The molecule has 0 saturated heterocycles. The van der Waals surface area contributed by atoms with Crippen molar-refractivity contribution in [1.82, 2.24) is 15.5 Å². The van der Waals surface area contributed by atoms with Crippen LogP contribution in [0.15, 0.2) is 35.9 Å². The van der Waals surface area contributed by atoms with Crippen LogP contribution in [0.3, 0.4) is 0 Å². The summed E-state index contributed by atoms with van der Waals surface area (Å²) < 4.78 is 0. The molecule has 0 heterocycles. The van der Waals surface area contributed by atoms with E-state index in [0.717, 1.165) is 11.1 Å². The van der Waals surface area contributed by atoms with Gasteiger partial charge in [-0.25, -0.2) is 4.79 Å². The standard InChI is InChI=1S/C28H45N3O4/c1-17(2)21(16-19(4)26(34)35)31(11)25(33)23(27(5,6)7)30-24(32)22(29-10)28(8,9)20-14-12-18(3)13-15-20/h12-17,21-23,29H,1-11H3,(H,30,32)(H,34,35)/t21-,22+,23?/m1/s1. The maximum absolute atomic E-state index is 13.7. The van der Waals surface area contributed by atoms with Crippen LogP contribution < -0.4 is 10.6 Å². The van der Waals surface area contributed by atoms with Crippen molar-refractivity contribution in [2.45, 2.75) is 85.9 Å². The van der Waals surface area contributed by atoms with Crippen molar-refractivity contribution in [2.24, 2.45) is 11.3 Å². The molecule has 7 nitrogen and oxygen atoms in total. The van der Waals surface area contributed by atoms with Gasteiger partial charge in [-0.3, -0.25) is 9.59 Å². The molecule has 0 spiro atoms. The molecule has 0 aromatic heterocycles. The molecule has 196 valence electrons. The second kappa shape index (κ2) is 11.8. The van der Waals surface area contributed by atoms with E-state index in [9.17, 15) is 19.5 Å². The number of aryl methyl sites for hydroxylation is 1. The van der Waals surface area contributed by atoms with Gasteiger partial charge in [0.25, 0.3) is 0 Å². The smallest absolute Gasteiger partial charge is 0.331 e. The number of benzene rings is 1. The van der Waals surface area contributed by atoms with Gasteiger partial charge in [0.1, 0.15) is 6.04 Å². The van der Waals surface area contributed by atoms with Gasteiger partial charge in [-0.05, 0) is 37.8 Å². The highest BCUT2D eigenvalue weighted by Gasteiger charge is 2.41. The molecule has 0 aliphatic heterocycles. The van der Waals surface area contributed by atoms with Crippen LogP contribution in [0.1, 0.15) is 66.5 Å². The first kappa shape index (κ1) is 30.4. The molecule has 3 N–H and O–H groups in total. The highest BCUT2D eigenvalue weighted by Crippen LogP contribution is 2.29. The van der Waals surface area contributed by atoms with Gasteiger partial charge in [0.15, 0.2) is 0 Å². The lowest BCUT2D eigenvalue weighted by Crippen LogP contribution is -2.61. The molecule has 2 amide bonds. The van der Waals surface area contributed by atoms with Crippen molar-refractivity contribution in [2.75, 3.05) is 14.1 Å². The first-order valence-corrected chi connectivity index (χ1v) is 12.2. The van der Waals surface area contributed by atoms with Crippen molar-refractivity contribution in [3.63, 3.8) is 0 Å². The lowest BCUT2D eigenvalue weighted by Gasteiger charge is -2.40. The van der Waals surface area contributed by atoms with Crippen LogP contribution in [0.4, 0.5) is 0 Å². The SMILES string of the molecule is CN[C@@H](C(=O)NC(C(=O)N(C)[C@H](C=C(C)C(=O)O)C(C)C)C(C)(C)C)C(C)(C)c1ccc(C)cc1. The second-order valence-electron chi connectivity index (χ2n) is 11.5. The number of rotatable bonds is 10. The minimum absolute atomic E-state index is 0.0138. The van der Waals surface area contributed by atoms with Crippen LogP contribution in [0.5, 0.6) is 0 Å². The number of carbonyl (C=O) groups excluding carboxylic acids is 2. The number of hydrogen-bond acceptors (Lipinski definition) is 4. The topological polar surface area (TPSA) is 98.7 Å². The summed E-state index contributed by atoms with van der Waals surface area (Å²) in [5.74, 6) is -1.56. The molecule has 7 heteroatoms. The lowest BCUT2D eigenvalue weighted by atomic mass is 9.76. The molecule has 3 atom stereocenters. The number of amides is 2. The van der Waals surface area contributed by atoms with Crippen molar-refractivity contribution >= 4 is 17.8 Å². The van der Waals surface area contributed by atoms with Crippen molar-refractivity contribution in [3.05, 3.63) is 47.0 Å². The number of likely N-dealkylation sites (N-methyl/N-ethyl adjacent to an activating group) is 2. The zero-order valence-electron chi connectivity index (χ0n) is 23.3. The molecule has 0 bridgehead atoms. The Kier molecular flexibility index (Phi) is 10.3. The molecule has 1 aromatic rings. The largest absolute Gasteiger partial charge is 0.478 e. The predicted octanol–water partition coefficient (Wildman–Crippen LogP) is 3.91. The molecule has 0 radical (unpaired) electrons. The van der Waals surface area contributed by atoms with Gasteiger partial charge in [-0.2, -0.15) is 0 Å². The normalized spacial score (nSPS) is 15.4. The van der Waals surface area contributed by atoms with Gasteiger partial charge >= 0.3 is 5.97 Å². The Bertz CT molecular complexity index is 927. The summed E-state index contributed by atoms with van der Waals surface area (Å²) in [5.41, 5.74) is 1.23. The average Bonchev–Trinajstić information content (AvgIpc) is 2.74. The number of carbonyl (C=O) groups is 3. The van der Waals surface area contributed by atoms with Gasteiger partial charge in [0.05, 0.1) is 12.1 Å². The minimum atomic E-state index is -1.02. The lowest BCUT2D eigenvalue weighted by molar-refractivity contribution is -0.141. The Morgan fingerprint density at radius 2 is 1.51 bits per heavy atom. The third-order valence-electron chi connectivity index (χ3n) is 6.70. The second-order valence-corrected chi connectivity index (χ2v) is 11.5. The zero-order chi connectivity index (χ0) is 27.3. The Morgan fingerprint density at radius 1 is 1.00 bits per heavy atom. The van der Waals surface area contributed by atoms with Gasteiger partial charge in [-0.15, -0.1) is 0 Å². The maximum Gasteiger partial charge on any atom is 0.331 e. The monoisotopic (exact) mass is 487 g/mol. The van der Waals surface area contributed by atoms with Crippen molar-refractivity contribution in [3.8, 4) is 0 Å². The van der Waals surface area contributed by atoms with Crippen molar-refractivity contribution < 1.29 is 19.5 Å². The van der Waals surface area contributed by atoms with E-state index >= 15 is 0 Å². The number of nitrogens with one attached hydrogen (secondary N) is 2. The number of carboxylic acids is 1. The number of nitrogens with zero attached hydrogens (tertiary/aromatic N) is 1. The third-order valence-corrected chi connectivity index (χ3v) is 6.70. The van der Waals surface area contributed by atoms with Crippen LogP contribution in [-0.4, -0.2) is 60.0 Å². The van der Waals surface area contributed by atoms with Crippen LogP contribution in [0.25, 0.3) is 0 Å². The number of carboxylic acid groups (broad SMARTS) is 1. The fourth-order valence-corrected chi connectivity index (χ4v) is 4.27. The fraction of sp³-hybridized carbons (Fsp3) is 0.607. The van der Waals surface area contributed by atoms with Crippen LogP contribution >= 0.6 is 0 Å². The van der Waals surface area contributed by atoms with E-state index in [1.165, 1.54) is 6.92 Å². The minimum Gasteiger partial charge on any atom is -0.478 e. The molecule has 0 aliphatic carbocycles. The van der Waals surface area contributed by atoms with E-state index in [2.05, 4.69) is 10.6 Å². The van der Waals surface area contributed by atoms with Gasteiger partial charge < -0.3 is 20.6 Å². The van der Waals surface area contributed by atoms with E-state index in [-0.39, 0.29) is 23.3 Å². The summed E-state index contributed by atoms with van der Waals surface area (Å²) in [7, 11) is 3.41. The van der Waals surface area contributed by atoms with E-state index in [1.807, 2.05) is 79.7 Å². The Morgan fingerprint density at radius 3 is 1.91 bits per heavy atom. The first-order valence-electron chi connectivity index (χ1n) is 12.2. The number of aliphatic carboxylic acids is 1. The molecule has 0 aliphatic rings. The Balaban J connectivity index is 3.30. The van der Waals surface area contributed by atoms with Gasteiger partial charge in [-0.1, -0.05) is 84.4 Å². The van der Waals surface area contributed by atoms with E-state index in [1.54, 1.807) is 25.1 Å². The van der Waals surface area contributed by atoms with Crippen LogP contribution in [0, 0.1) is 18.3 Å². The third kappa shape index (κ3) is 7.66. The first-order chi connectivity index (χ1) is 15.9. The molecule has 1 aromatic carbocycles. The van der Waals surface area contributed by atoms with Crippen LogP contribution in [-0.2, 0) is 19.8 Å². The Hall–Kier alpha value is -2.67. The van der Waals surface area contributed by atoms with Crippen molar-refractivity contribution in [1.29, 1.82) is 0 Å². The predicted molar refractivity (Wildman–Crippen MR) is 141 cm³/mol. The van der Waals surface area contributed by atoms with E-state index in [0.29, 0.717) is 0 Å². The summed E-state index contributed by atoms with van der Waals surface area (Å²) in [5, 5.41) is 15.5. The molecule has 1 rings (SSSR count). The molecule has 35 heavy (non-hydrogen) atoms. The summed E-state index contributed by atoms with van der Waals surface area (Å²) in [6.07, 6.45) is 1.60.